The van der Waals surface area contributed by atoms with Gasteiger partial charge in [-0.3, -0.25) is 19.6 Å². The second-order valence-corrected chi connectivity index (χ2v) is 23.1. The van der Waals surface area contributed by atoms with Crippen molar-refractivity contribution in [2.24, 2.45) is 0 Å². The Morgan fingerprint density at radius 2 is 0.686 bits per heavy atom. The van der Waals surface area contributed by atoms with Gasteiger partial charge in [0, 0.05) is 63.6 Å². The van der Waals surface area contributed by atoms with E-state index in [-0.39, 0.29) is 58.2 Å². The Hall–Kier alpha value is -6.68. The highest BCUT2D eigenvalue weighted by Crippen LogP contribution is 2.44. The van der Waals surface area contributed by atoms with Gasteiger partial charge in [-0.15, -0.1) is 0 Å². The Balaban J connectivity index is 1.45. The molecule has 70 heavy (non-hydrogen) atoms. The minimum atomic E-state index is -0.293. The lowest BCUT2D eigenvalue weighted by molar-refractivity contribution is -0.124. The number of phenols is 2. The predicted molar refractivity (Wildman–Crippen MR) is 278 cm³/mol. The highest BCUT2D eigenvalue weighted by molar-refractivity contribution is 5.78. The minimum absolute atomic E-state index is 0.158. The molecule has 2 amide bonds. The van der Waals surface area contributed by atoms with Gasteiger partial charge in [0.05, 0.1) is 0 Å². The molecule has 10 nitrogen and oxygen atoms in total. The van der Waals surface area contributed by atoms with Crippen LogP contribution in [0.25, 0.3) is 0 Å². The van der Waals surface area contributed by atoms with E-state index in [4.69, 9.17) is 9.47 Å². The van der Waals surface area contributed by atoms with E-state index in [0.717, 1.165) is 55.6 Å². The van der Waals surface area contributed by atoms with Crippen molar-refractivity contribution >= 4 is 11.8 Å². The number of phenolic OH excluding ortho intramolecular Hbond substituents is 2. The van der Waals surface area contributed by atoms with Gasteiger partial charge in [-0.05, 0) is 124 Å². The molecule has 0 spiro atoms. The van der Waals surface area contributed by atoms with Crippen LogP contribution in [0.1, 0.15) is 161 Å². The number of pyridine rings is 2. The first kappa shape index (κ1) is 51.2. The number of fused-ring (bicyclic) bond motifs is 8. The van der Waals surface area contributed by atoms with Crippen LogP contribution < -0.4 is 20.1 Å². The van der Waals surface area contributed by atoms with Crippen LogP contribution in [0.3, 0.4) is 0 Å². The third-order valence-corrected chi connectivity index (χ3v) is 13.2. The second-order valence-electron chi connectivity index (χ2n) is 23.1. The van der Waals surface area contributed by atoms with E-state index in [1.807, 2.05) is 24.3 Å². The number of amides is 2. The summed E-state index contributed by atoms with van der Waals surface area (Å²) in [5.41, 5.74) is 11.0. The normalized spacial score (nSPS) is 13.1. The summed E-state index contributed by atoms with van der Waals surface area (Å²) in [4.78, 5) is 35.4. The van der Waals surface area contributed by atoms with E-state index in [9.17, 15) is 19.8 Å². The van der Waals surface area contributed by atoms with Crippen LogP contribution in [-0.4, -0.2) is 45.2 Å². The standard InChI is InChI=1S/C60H72N4O6/c1-57(2,3)47-25-39-21-43-29-49(59(7,8)9)31-45(55(43)69-35-51(65)63-33-37-13-17-61-18-14-37)23-41-27-48(58(4,5)6)28-42(54(41)68)24-46-32-50(60(10,11)12)30-44(22-40(26-47)53(39)67)56(46)70-36-52(66)64-34-38-15-19-62-20-16-38/h13-20,25-32,67-68H,21-24,33-36H2,1-12H3,(H,63,65)(H,64,66). The van der Waals surface area contributed by atoms with E-state index < -0.39 is 0 Å². The Kier molecular flexibility index (Phi) is 14.9. The number of ether oxygens (including phenoxy) is 2. The van der Waals surface area contributed by atoms with Crippen molar-refractivity contribution in [2.45, 2.75) is 144 Å². The zero-order chi connectivity index (χ0) is 50.8. The maximum absolute atomic E-state index is 13.6. The molecule has 2 aromatic heterocycles. The summed E-state index contributed by atoms with van der Waals surface area (Å²) in [6.45, 7) is 26.2. The van der Waals surface area contributed by atoms with Gasteiger partial charge in [0.2, 0.25) is 0 Å². The predicted octanol–water partition coefficient (Wildman–Crippen LogP) is 11.1. The molecule has 0 saturated heterocycles. The number of nitrogens with one attached hydrogen (secondary N) is 2. The summed E-state index contributed by atoms with van der Waals surface area (Å²) in [5, 5.41) is 31.3. The Morgan fingerprint density at radius 1 is 0.443 bits per heavy atom. The summed E-state index contributed by atoms with van der Waals surface area (Å²) in [7, 11) is 0. The van der Waals surface area contributed by atoms with Crippen molar-refractivity contribution in [3.8, 4) is 23.0 Å². The smallest absolute Gasteiger partial charge is 0.258 e. The number of aromatic hydroxyl groups is 2. The van der Waals surface area contributed by atoms with Crippen molar-refractivity contribution < 1.29 is 29.3 Å². The number of rotatable bonds is 10. The molecule has 4 N–H and O–H groups in total. The fraction of sp³-hybridized carbons (Fsp3) is 0.400. The quantitative estimate of drug-likeness (QED) is 0.106. The number of carbonyl (C=O) groups is 2. The Labute approximate surface area is 415 Å². The average Bonchev–Trinajstić information content (AvgIpc) is 3.28. The molecule has 1 aliphatic rings. The zero-order valence-corrected chi connectivity index (χ0v) is 43.3. The summed E-state index contributed by atoms with van der Waals surface area (Å²) in [6.07, 6.45) is 7.96. The molecule has 1 aliphatic carbocycles. The average molecular weight is 945 g/mol. The molecule has 368 valence electrons. The van der Waals surface area contributed by atoms with Gasteiger partial charge in [-0.2, -0.15) is 0 Å². The summed E-state index contributed by atoms with van der Waals surface area (Å²) in [5.74, 6) is 0.837. The highest BCUT2D eigenvalue weighted by Gasteiger charge is 2.29. The van der Waals surface area contributed by atoms with Crippen molar-refractivity contribution in [3.05, 3.63) is 175 Å². The number of benzene rings is 4. The van der Waals surface area contributed by atoms with Gasteiger partial charge in [-0.25, -0.2) is 0 Å². The number of hydrogen-bond acceptors (Lipinski definition) is 8. The lowest BCUT2D eigenvalue weighted by Gasteiger charge is -2.28. The van der Waals surface area contributed by atoms with E-state index in [1.54, 1.807) is 24.8 Å². The van der Waals surface area contributed by atoms with Crippen LogP contribution >= 0.6 is 0 Å². The van der Waals surface area contributed by atoms with E-state index in [2.05, 4.69) is 152 Å². The molecule has 0 saturated carbocycles. The lowest BCUT2D eigenvalue weighted by atomic mass is 9.79. The molecule has 8 bridgehead atoms. The number of aromatic nitrogens is 2. The summed E-state index contributed by atoms with van der Waals surface area (Å²) < 4.78 is 13.4. The van der Waals surface area contributed by atoms with Crippen LogP contribution in [0.5, 0.6) is 23.0 Å². The minimum Gasteiger partial charge on any atom is -0.507 e. The van der Waals surface area contributed by atoms with Gasteiger partial charge < -0.3 is 30.3 Å². The van der Waals surface area contributed by atoms with Crippen LogP contribution in [0.2, 0.25) is 0 Å². The molecule has 0 radical (unpaired) electrons. The van der Waals surface area contributed by atoms with E-state index in [0.29, 0.717) is 72.5 Å². The van der Waals surface area contributed by atoms with Crippen LogP contribution in [0.15, 0.2) is 97.6 Å². The van der Waals surface area contributed by atoms with Crippen LogP contribution in [0.4, 0.5) is 0 Å². The molecule has 0 aliphatic heterocycles. The first-order valence-corrected chi connectivity index (χ1v) is 24.4. The van der Waals surface area contributed by atoms with Gasteiger partial charge >= 0.3 is 0 Å². The molecule has 0 fully saturated rings. The van der Waals surface area contributed by atoms with Crippen molar-refractivity contribution in [1.82, 2.24) is 20.6 Å². The van der Waals surface area contributed by atoms with Gasteiger partial charge in [0.1, 0.15) is 23.0 Å². The number of carbonyl (C=O) groups excluding carboxylic acids is 2. The Morgan fingerprint density at radius 3 is 0.929 bits per heavy atom. The molecule has 4 aromatic carbocycles. The molecular weight excluding hydrogens is 873 g/mol. The molecule has 2 heterocycles. The molecule has 0 atom stereocenters. The van der Waals surface area contributed by atoms with Gasteiger partial charge in [0.25, 0.3) is 11.8 Å². The lowest BCUT2D eigenvalue weighted by Crippen LogP contribution is -2.29. The molecule has 6 aromatic rings. The monoisotopic (exact) mass is 945 g/mol. The highest BCUT2D eigenvalue weighted by atomic mass is 16.5. The van der Waals surface area contributed by atoms with Crippen LogP contribution in [0, 0.1) is 0 Å². The van der Waals surface area contributed by atoms with Crippen molar-refractivity contribution in [2.75, 3.05) is 13.2 Å². The largest absolute Gasteiger partial charge is 0.507 e. The Bertz CT molecular complexity index is 2570. The SMILES string of the molecule is CC(C)(C)c1cc2c(O)c(c1)Cc1cc(C(C)(C)C)cc(c1OCC(=O)NCc1ccncc1)Cc1cc(C(C)(C)C)cc(c1O)Cc1cc(C(C)(C)C)cc(c1OCC(=O)NCc1ccncc1)C2. The maximum atomic E-state index is 13.6. The first-order chi connectivity index (χ1) is 32.8. The van der Waals surface area contributed by atoms with Gasteiger partial charge in [-0.1, -0.05) is 132 Å². The topological polar surface area (TPSA) is 143 Å². The first-order valence-electron chi connectivity index (χ1n) is 24.4. The third kappa shape index (κ3) is 12.6. The summed E-state index contributed by atoms with van der Waals surface area (Å²) >= 11 is 0. The third-order valence-electron chi connectivity index (χ3n) is 13.2. The maximum Gasteiger partial charge on any atom is 0.258 e. The molecule has 7 rings (SSSR count). The molecule has 0 unspecified atom stereocenters. The van der Waals surface area contributed by atoms with E-state index >= 15 is 0 Å². The fourth-order valence-corrected chi connectivity index (χ4v) is 8.80. The molecule has 10 heteroatoms. The van der Waals surface area contributed by atoms with Crippen molar-refractivity contribution in [3.63, 3.8) is 0 Å². The zero-order valence-electron chi connectivity index (χ0n) is 43.3. The van der Waals surface area contributed by atoms with Gasteiger partial charge in [0.15, 0.2) is 13.2 Å². The van der Waals surface area contributed by atoms with E-state index in [1.165, 1.54) is 0 Å². The number of nitrogens with zero attached hydrogens (tertiary/aromatic N) is 2. The molecular formula is C60H72N4O6. The second kappa shape index (κ2) is 20.3. The fourth-order valence-electron chi connectivity index (χ4n) is 8.80. The number of hydrogen-bond donors (Lipinski definition) is 4. The summed E-state index contributed by atoms with van der Waals surface area (Å²) in [6, 6.07) is 24.3. The van der Waals surface area contributed by atoms with Crippen LogP contribution in [-0.2, 0) is 70.0 Å². The van der Waals surface area contributed by atoms with Crippen molar-refractivity contribution in [1.29, 1.82) is 0 Å².